The van der Waals surface area contributed by atoms with E-state index < -0.39 is 0 Å². The van der Waals surface area contributed by atoms with E-state index in [2.05, 4.69) is 48.5 Å². The Bertz CT molecular complexity index is 862. The Hall–Kier alpha value is -0.830. The fourth-order valence-corrected chi connectivity index (χ4v) is 12.9. The molecule has 2 heteroatoms. The van der Waals surface area contributed by atoms with Gasteiger partial charge in [0.2, 0.25) is 0 Å². The summed E-state index contributed by atoms with van der Waals surface area (Å²) in [5, 5.41) is 5.83. The van der Waals surface area contributed by atoms with Crippen molar-refractivity contribution in [2.45, 2.75) is 113 Å². The summed E-state index contributed by atoms with van der Waals surface area (Å²) in [4.78, 5) is 0. The van der Waals surface area contributed by atoms with E-state index in [9.17, 15) is 0 Å². The number of hydrogen-bond donors (Lipinski definition) is 0. The van der Waals surface area contributed by atoms with Gasteiger partial charge >= 0.3 is 0 Å². The second kappa shape index (κ2) is 11.5. The molecule has 3 aliphatic rings. The smallest absolute Gasteiger partial charge is 0.000604 e. The van der Waals surface area contributed by atoms with Crippen LogP contribution in [0.15, 0.2) is 48.5 Å². The molecule has 1 heterocycles. The second-order valence-corrected chi connectivity index (χ2v) is 15.0. The van der Waals surface area contributed by atoms with Crippen LogP contribution in [-0.4, -0.2) is 17.0 Å². The molecule has 0 radical (unpaired) electrons. The summed E-state index contributed by atoms with van der Waals surface area (Å²) >= 11 is 0. The lowest BCUT2D eigenvalue weighted by Crippen LogP contribution is -2.28. The van der Waals surface area contributed by atoms with Gasteiger partial charge in [-0.2, -0.15) is 0 Å². The molecular weight excluding hydrogens is 422 g/mol. The molecule has 3 aromatic rings. The summed E-state index contributed by atoms with van der Waals surface area (Å²) in [5.41, 5.74) is 3.57. The van der Waals surface area contributed by atoms with Gasteiger partial charge in [0, 0.05) is 0 Å². The highest BCUT2D eigenvalue weighted by atomic mass is 31.1. The van der Waals surface area contributed by atoms with Crippen molar-refractivity contribution in [3.8, 4) is 0 Å². The van der Waals surface area contributed by atoms with Crippen LogP contribution in [0.5, 0.6) is 0 Å². The van der Waals surface area contributed by atoms with Gasteiger partial charge in [0.25, 0.3) is 0 Å². The molecule has 6 rings (SSSR count). The van der Waals surface area contributed by atoms with Gasteiger partial charge in [-0.05, 0) is 76.5 Å². The van der Waals surface area contributed by atoms with Gasteiger partial charge in [0.15, 0.2) is 0 Å². The zero-order chi connectivity index (χ0) is 21.6. The van der Waals surface area contributed by atoms with E-state index in [0.29, 0.717) is 7.92 Å². The summed E-state index contributed by atoms with van der Waals surface area (Å²) in [6, 6.07) is 17.4. The van der Waals surface area contributed by atoms with Crippen LogP contribution in [0, 0.1) is 0 Å². The third-order valence-corrected chi connectivity index (χ3v) is 13.9. The number of rotatable bonds is 3. The van der Waals surface area contributed by atoms with Gasteiger partial charge in [0.1, 0.15) is 0 Å². The lowest BCUT2D eigenvalue weighted by molar-refractivity contribution is 0.460. The first-order valence-electron chi connectivity index (χ1n) is 13.6. The molecule has 3 fully saturated rings. The predicted molar refractivity (Wildman–Crippen MR) is 148 cm³/mol. The van der Waals surface area contributed by atoms with Gasteiger partial charge in [-0.1, -0.05) is 114 Å². The SMILES string of the molecule is C1CCC(P(C2CCCCC2)C2CCCCC2)CC1.c1ccc2c(c1)[pH]c1ccccc12. The van der Waals surface area contributed by atoms with Gasteiger partial charge in [-0.25, -0.2) is 0 Å². The molecule has 0 bridgehead atoms. The zero-order valence-electron chi connectivity index (χ0n) is 19.9. The minimum absolute atomic E-state index is 0.385. The van der Waals surface area contributed by atoms with Crippen molar-refractivity contribution < 1.29 is 0 Å². The van der Waals surface area contributed by atoms with Crippen LogP contribution in [0.25, 0.3) is 21.0 Å². The summed E-state index contributed by atoms with van der Waals surface area (Å²) in [6.45, 7) is 0. The molecule has 0 nitrogen and oxygen atoms in total. The van der Waals surface area contributed by atoms with E-state index in [1.807, 2.05) is 0 Å². The Morgan fingerprint density at radius 1 is 0.469 bits per heavy atom. The molecule has 0 amide bonds. The van der Waals surface area contributed by atoms with Crippen LogP contribution in [0.4, 0.5) is 0 Å². The molecule has 0 aliphatic heterocycles. The number of benzene rings is 2. The van der Waals surface area contributed by atoms with Crippen molar-refractivity contribution >= 4 is 37.1 Å². The fraction of sp³-hybridized carbons (Fsp3) is 0.600. The molecule has 0 atom stereocenters. The number of fused-ring (bicyclic) bond motifs is 3. The molecule has 0 saturated heterocycles. The quantitative estimate of drug-likeness (QED) is 0.338. The van der Waals surface area contributed by atoms with Crippen molar-refractivity contribution in [2.75, 3.05) is 0 Å². The van der Waals surface area contributed by atoms with E-state index in [1.165, 1.54) is 57.2 Å². The van der Waals surface area contributed by atoms with Crippen LogP contribution in [-0.2, 0) is 0 Å². The van der Waals surface area contributed by atoms with E-state index in [4.69, 9.17) is 0 Å². The van der Waals surface area contributed by atoms with Gasteiger partial charge < -0.3 is 0 Å². The summed E-state index contributed by atoms with van der Waals surface area (Å²) in [6.07, 6.45) is 23.6. The Balaban J connectivity index is 0.000000144. The van der Waals surface area contributed by atoms with Crippen LogP contribution in [0.1, 0.15) is 96.3 Å². The third kappa shape index (κ3) is 5.45. The Morgan fingerprint density at radius 2 is 0.812 bits per heavy atom. The molecule has 3 aliphatic carbocycles. The predicted octanol–water partition coefficient (Wildman–Crippen LogP) is 10.5. The summed E-state index contributed by atoms with van der Waals surface area (Å²) in [5.74, 6) is 0. The Morgan fingerprint density at radius 3 is 1.19 bits per heavy atom. The average molecular weight is 465 g/mol. The standard InChI is InChI=1S/C18H33P.C12H9P/c1-4-10-16(11-5-1)19(17-12-6-2-7-13-17)18-14-8-3-9-15-18;1-3-7-11-9(5-1)10-6-2-4-8-12(10)13-11/h16-18H,1-15H2;1-8,13H. The second-order valence-electron chi connectivity index (χ2n) is 10.5. The van der Waals surface area contributed by atoms with Crippen molar-refractivity contribution in [1.29, 1.82) is 0 Å². The first-order valence-corrected chi connectivity index (χ1v) is 16.2. The highest BCUT2D eigenvalue weighted by molar-refractivity contribution is 7.60. The van der Waals surface area contributed by atoms with Crippen LogP contribution < -0.4 is 0 Å². The zero-order valence-corrected chi connectivity index (χ0v) is 21.8. The summed E-state index contributed by atoms with van der Waals surface area (Å²) < 4.78 is 0. The van der Waals surface area contributed by atoms with Crippen molar-refractivity contribution in [1.82, 2.24) is 0 Å². The molecule has 3 saturated carbocycles. The van der Waals surface area contributed by atoms with E-state index in [0.717, 1.165) is 8.19 Å². The molecule has 0 spiro atoms. The van der Waals surface area contributed by atoms with Crippen molar-refractivity contribution in [3.63, 3.8) is 0 Å². The third-order valence-electron chi connectivity index (χ3n) is 8.40. The normalized spacial score (nSPS) is 21.7. The van der Waals surface area contributed by atoms with Gasteiger partial charge in [-0.3, -0.25) is 0 Å². The lowest BCUT2D eigenvalue weighted by Gasteiger charge is -2.44. The molecule has 172 valence electrons. The van der Waals surface area contributed by atoms with Gasteiger partial charge in [-0.15, -0.1) is 8.19 Å². The largest absolute Gasteiger partial charge is 0.123 e. The first-order chi connectivity index (χ1) is 15.9. The minimum Gasteiger partial charge on any atom is -0.123 e. The fourth-order valence-electron chi connectivity index (χ4n) is 6.83. The molecular formula is C30H42P2. The molecule has 2 aromatic carbocycles. The van der Waals surface area contributed by atoms with Crippen molar-refractivity contribution in [3.05, 3.63) is 48.5 Å². The minimum atomic E-state index is 0.385. The lowest BCUT2D eigenvalue weighted by atomic mass is 9.99. The maximum atomic E-state index is 2.23. The molecule has 0 unspecified atom stereocenters. The highest BCUT2D eigenvalue weighted by Gasteiger charge is 2.36. The van der Waals surface area contributed by atoms with Crippen LogP contribution in [0.2, 0.25) is 0 Å². The monoisotopic (exact) mass is 464 g/mol. The molecule has 0 N–H and O–H groups in total. The molecule has 1 aromatic heterocycles. The highest BCUT2D eigenvalue weighted by Crippen LogP contribution is 2.61. The average Bonchev–Trinajstić information content (AvgIpc) is 3.26. The summed E-state index contributed by atoms with van der Waals surface area (Å²) in [7, 11) is 1.24. The van der Waals surface area contributed by atoms with Crippen LogP contribution >= 0.6 is 16.1 Å². The first kappa shape index (κ1) is 22.9. The topological polar surface area (TPSA) is 0 Å². The molecule has 32 heavy (non-hydrogen) atoms. The Kier molecular flexibility index (Phi) is 8.27. The maximum absolute atomic E-state index is 2.23. The maximum Gasteiger partial charge on any atom is -0.000604 e. The van der Waals surface area contributed by atoms with E-state index in [1.54, 1.807) is 77.0 Å². The van der Waals surface area contributed by atoms with Crippen LogP contribution in [0.3, 0.4) is 0 Å². The van der Waals surface area contributed by atoms with E-state index in [-0.39, 0.29) is 0 Å². The van der Waals surface area contributed by atoms with Crippen molar-refractivity contribution in [2.24, 2.45) is 0 Å². The van der Waals surface area contributed by atoms with Gasteiger partial charge in [0.05, 0.1) is 0 Å². The van der Waals surface area contributed by atoms with E-state index >= 15 is 0 Å². The Labute approximate surface area is 198 Å². The number of hydrogen-bond acceptors (Lipinski definition) is 0.